The number of rotatable bonds is 8. The van der Waals surface area contributed by atoms with Gasteiger partial charge in [-0.15, -0.1) is 0 Å². The highest BCUT2D eigenvalue weighted by Gasteiger charge is 2.35. The van der Waals surface area contributed by atoms with Crippen LogP contribution in [0.2, 0.25) is 0 Å². The highest BCUT2D eigenvalue weighted by Crippen LogP contribution is 2.10. The molecular weight excluding hydrogens is 376 g/mol. The fourth-order valence-electron chi connectivity index (χ4n) is 3.01. The maximum absolute atomic E-state index is 12.3. The SMILES string of the molecule is COC(=O)[C@@H](C[C@@H](C)C#N)NC(=O)C[C@@H]1NC(=O)[C@H](Cc2ccccc2)NC1=O. The Morgan fingerprint density at radius 3 is 2.41 bits per heavy atom. The Morgan fingerprint density at radius 1 is 1.17 bits per heavy atom. The Kier molecular flexibility index (Phi) is 7.71. The van der Waals surface area contributed by atoms with Gasteiger partial charge < -0.3 is 20.7 Å². The number of ether oxygens (including phenoxy) is 1. The van der Waals surface area contributed by atoms with E-state index in [1.165, 1.54) is 7.11 Å². The van der Waals surface area contributed by atoms with Crippen molar-refractivity contribution in [1.82, 2.24) is 16.0 Å². The molecule has 1 aromatic carbocycles. The summed E-state index contributed by atoms with van der Waals surface area (Å²) in [6.45, 7) is 1.61. The lowest BCUT2D eigenvalue weighted by Gasteiger charge is -2.29. The summed E-state index contributed by atoms with van der Waals surface area (Å²) in [5, 5.41) is 16.6. The molecule has 0 aliphatic carbocycles. The molecular formula is C20H24N4O5. The number of hydrogen-bond donors (Lipinski definition) is 3. The van der Waals surface area contributed by atoms with Crippen molar-refractivity contribution in [3.63, 3.8) is 0 Å². The predicted octanol–water partition coefficient (Wildman–Crippen LogP) is -0.190. The Hall–Kier alpha value is -3.41. The maximum atomic E-state index is 12.3. The van der Waals surface area contributed by atoms with E-state index >= 15 is 0 Å². The smallest absolute Gasteiger partial charge is 0.328 e. The third-order valence-electron chi connectivity index (χ3n) is 4.57. The van der Waals surface area contributed by atoms with Crippen LogP contribution in [0.4, 0.5) is 0 Å². The van der Waals surface area contributed by atoms with Gasteiger partial charge in [0.2, 0.25) is 17.7 Å². The van der Waals surface area contributed by atoms with E-state index in [9.17, 15) is 19.2 Å². The van der Waals surface area contributed by atoms with E-state index in [2.05, 4.69) is 20.7 Å². The molecule has 0 saturated carbocycles. The molecule has 0 unspecified atom stereocenters. The van der Waals surface area contributed by atoms with Crippen molar-refractivity contribution in [1.29, 1.82) is 5.26 Å². The van der Waals surface area contributed by atoms with Crippen molar-refractivity contribution >= 4 is 23.7 Å². The zero-order valence-electron chi connectivity index (χ0n) is 16.3. The molecule has 0 radical (unpaired) electrons. The summed E-state index contributed by atoms with van der Waals surface area (Å²) in [6, 6.07) is 8.48. The maximum Gasteiger partial charge on any atom is 0.328 e. The van der Waals surface area contributed by atoms with Gasteiger partial charge in [0.1, 0.15) is 18.1 Å². The van der Waals surface area contributed by atoms with Gasteiger partial charge in [-0.3, -0.25) is 14.4 Å². The number of amides is 3. The van der Waals surface area contributed by atoms with E-state index < -0.39 is 41.8 Å². The van der Waals surface area contributed by atoms with E-state index in [1.807, 2.05) is 36.4 Å². The number of hydrogen-bond acceptors (Lipinski definition) is 6. The molecule has 3 amide bonds. The monoisotopic (exact) mass is 400 g/mol. The van der Waals surface area contributed by atoms with Gasteiger partial charge in [0.15, 0.2) is 0 Å². The van der Waals surface area contributed by atoms with Crippen LogP contribution < -0.4 is 16.0 Å². The van der Waals surface area contributed by atoms with Crippen molar-refractivity contribution < 1.29 is 23.9 Å². The van der Waals surface area contributed by atoms with Gasteiger partial charge in [0.05, 0.1) is 19.6 Å². The Bertz CT molecular complexity index is 805. The molecule has 0 spiro atoms. The molecule has 4 atom stereocenters. The highest BCUT2D eigenvalue weighted by molar-refractivity contribution is 5.99. The predicted molar refractivity (Wildman–Crippen MR) is 102 cm³/mol. The van der Waals surface area contributed by atoms with Gasteiger partial charge in [0, 0.05) is 12.3 Å². The normalized spacial score (nSPS) is 20.4. The molecule has 29 heavy (non-hydrogen) atoms. The lowest BCUT2D eigenvalue weighted by molar-refractivity contribution is -0.146. The number of nitriles is 1. The first-order valence-electron chi connectivity index (χ1n) is 9.25. The lowest BCUT2D eigenvalue weighted by Crippen LogP contribution is -2.63. The van der Waals surface area contributed by atoms with Gasteiger partial charge in [-0.05, 0) is 18.9 Å². The van der Waals surface area contributed by atoms with E-state index in [1.54, 1.807) is 6.92 Å². The fraction of sp³-hybridized carbons (Fsp3) is 0.450. The van der Waals surface area contributed by atoms with Gasteiger partial charge in [-0.1, -0.05) is 30.3 Å². The summed E-state index contributed by atoms with van der Waals surface area (Å²) in [5.74, 6) is -2.61. The zero-order valence-corrected chi connectivity index (χ0v) is 16.3. The number of benzene rings is 1. The van der Waals surface area contributed by atoms with E-state index in [0.717, 1.165) is 5.56 Å². The number of carbonyl (C=O) groups is 4. The number of nitrogens with zero attached hydrogens (tertiary/aromatic N) is 1. The number of methoxy groups -OCH3 is 1. The Labute approximate surface area is 168 Å². The molecule has 0 bridgehead atoms. The Morgan fingerprint density at radius 2 is 1.79 bits per heavy atom. The van der Waals surface area contributed by atoms with Crippen molar-refractivity contribution in [2.45, 2.75) is 44.3 Å². The molecule has 1 aromatic rings. The van der Waals surface area contributed by atoms with E-state index in [0.29, 0.717) is 6.42 Å². The van der Waals surface area contributed by atoms with Gasteiger partial charge in [-0.25, -0.2) is 4.79 Å². The third-order valence-corrected chi connectivity index (χ3v) is 4.57. The first-order valence-corrected chi connectivity index (χ1v) is 9.25. The molecule has 3 N–H and O–H groups in total. The first-order chi connectivity index (χ1) is 13.8. The van der Waals surface area contributed by atoms with Crippen molar-refractivity contribution in [3.8, 4) is 6.07 Å². The van der Waals surface area contributed by atoms with Crippen molar-refractivity contribution in [2.24, 2.45) is 5.92 Å². The highest BCUT2D eigenvalue weighted by atomic mass is 16.5. The summed E-state index contributed by atoms with van der Waals surface area (Å²) >= 11 is 0. The minimum Gasteiger partial charge on any atom is -0.467 e. The molecule has 1 heterocycles. The van der Waals surface area contributed by atoms with Crippen molar-refractivity contribution in [2.75, 3.05) is 7.11 Å². The molecule has 9 nitrogen and oxygen atoms in total. The molecule has 1 aliphatic heterocycles. The Balaban J connectivity index is 1.93. The van der Waals surface area contributed by atoms with Crippen LogP contribution >= 0.6 is 0 Å². The van der Waals surface area contributed by atoms with Crippen LogP contribution in [0.25, 0.3) is 0 Å². The fourth-order valence-corrected chi connectivity index (χ4v) is 3.01. The van der Waals surface area contributed by atoms with Crippen LogP contribution in [0, 0.1) is 17.2 Å². The van der Waals surface area contributed by atoms with E-state index in [4.69, 9.17) is 5.26 Å². The van der Waals surface area contributed by atoms with Gasteiger partial charge >= 0.3 is 5.97 Å². The first kappa shape index (κ1) is 21.9. The molecule has 1 aliphatic rings. The van der Waals surface area contributed by atoms with Gasteiger partial charge in [-0.2, -0.15) is 5.26 Å². The minimum atomic E-state index is -1.04. The average Bonchev–Trinajstić information content (AvgIpc) is 2.71. The number of esters is 1. The number of piperazine rings is 1. The molecule has 154 valence electrons. The van der Waals surface area contributed by atoms with Gasteiger partial charge in [0.25, 0.3) is 0 Å². The second-order valence-electron chi connectivity index (χ2n) is 6.93. The van der Waals surface area contributed by atoms with Crippen LogP contribution in [0.15, 0.2) is 30.3 Å². The second kappa shape index (κ2) is 10.2. The molecule has 0 aromatic heterocycles. The second-order valence-corrected chi connectivity index (χ2v) is 6.93. The van der Waals surface area contributed by atoms with Crippen LogP contribution in [0.5, 0.6) is 0 Å². The molecule has 2 rings (SSSR count). The number of nitrogens with one attached hydrogen (secondary N) is 3. The quantitative estimate of drug-likeness (QED) is 0.517. The van der Waals surface area contributed by atoms with Crippen molar-refractivity contribution in [3.05, 3.63) is 35.9 Å². The summed E-state index contributed by atoms with van der Waals surface area (Å²) in [4.78, 5) is 48.8. The zero-order chi connectivity index (χ0) is 21.4. The van der Waals surface area contributed by atoms with Crippen LogP contribution in [0.1, 0.15) is 25.3 Å². The minimum absolute atomic E-state index is 0.0806. The molecule has 1 saturated heterocycles. The van der Waals surface area contributed by atoms with Crippen LogP contribution in [-0.4, -0.2) is 48.9 Å². The van der Waals surface area contributed by atoms with Crippen LogP contribution in [-0.2, 0) is 30.3 Å². The lowest BCUT2D eigenvalue weighted by atomic mass is 10.00. The summed E-state index contributed by atoms with van der Waals surface area (Å²) in [5.41, 5.74) is 0.900. The largest absolute Gasteiger partial charge is 0.467 e. The third kappa shape index (κ3) is 6.31. The van der Waals surface area contributed by atoms with E-state index in [-0.39, 0.29) is 18.7 Å². The van der Waals surface area contributed by atoms with Crippen LogP contribution in [0.3, 0.4) is 0 Å². The summed E-state index contributed by atoms with van der Waals surface area (Å²) in [6.07, 6.45) is 0.0924. The summed E-state index contributed by atoms with van der Waals surface area (Å²) in [7, 11) is 1.18. The standard InChI is InChI=1S/C20H24N4O5/c1-12(11-21)8-16(20(28)29-2)22-17(25)10-15-19(27)23-14(18(26)24-15)9-13-6-4-3-5-7-13/h3-7,12,14-16H,8-10H2,1-2H3,(H,22,25)(H,23,27)(H,24,26)/t12-,14+,15+,16-/m1/s1. The number of carbonyl (C=O) groups excluding carboxylic acids is 4. The average molecular weight is 400 g/mol. The molecule has 1 fully saturated rings. The molecule has 9 heteroatoms. The summed E-state index contributed by atoms with van der Waals surface area (Å²) < 4.78 is 4.65. The topological polar surface area (TPSA) is 137 Å².